The number of alkyl halides is 3. The van der Waals surface area contributed by atoms with Gasteiger partial charge in [-0.3, -0.25) is 9.78 Å². The summed E-state index contributed by atoms with van der Waals surface area (Å²) < 4.78 is 43.1. The number of methoxy groups -OCH3 is 1. The standard InChI is InChI=1S/C19H16F3N3O2S/c1-27-17(26)6-5-14-9-12(7-8-23-14)16-11-28-18(25-16)24-15-4-2-3-13(10-15)19(20,21)22/h2-4,7-11H,5-6H2,1H3,(H,24,25). The number of hydrogen-bond acceptors (Lipinski definition) is 6. The second-order valence-electron chi connectivity index (χ2n) is 5.85. The minimum atomic E-state index is -4.40. The van der Waals surface area contributed by atoms with Gasteiger partial charge in [0.15, 0.2) is 5.13 Å². The highest BCUT2D eigenvalue weighted by Gasteiger charge is 2.30. The molecule has 0 saturated heterocycles. The summed E-state index contributed by atoms with van der Waals surface area (Å²) in [6.45, 7) is 0. The number of aryl methyl sites for hydroxylation is 1. The lowest BCUT2D eigenvalue weighted by Gasteiger charge is -2.09. The molecule has 2 aromatic heterocycles. The summed E-state index contributed by atoms with van der Waals surface area (Å²) in [5.74, 6) is -0.312. The Labute approximate surface area is 163 Å². The van der Waals surface area contributed by atoms with E-state index in [9.17, 15) is 18.0 Å². The summed E-state index contributed by atoms with van der Waals surface area (Å²) in [5, 5.41) is 5.17. The van der Waals surface area contributed by atoms with E-state index >= 15 is 0 Å². The molecule has 1 N–H and O–H groups in total. The van der Waals surface area contributed by atoms with Crippen molar-refractivity contribution in [3.63, 3.8) is 0 Å². The molecule has 0 aliphatic heterocycles. The number of halogens is 3. The Morgan fingerprint density at radius 3 is 2.82 bits per heavy atom. The van der Waals surface area contributed by atoms with Crippen molar-refractivity contribution >= 4 is 28.1 Å². The molecule has 0 fully saturated rings. The van der Waals surface area contributed by atoms with E-state index in [4.69, 9.17) is 0 Å². The summed E-state index contributed by atoms with van der Waals surface area (Å²) in [6.07, 6.45) is -2.10. The van der Waals surface area contributed by atoms with Crippen molar-refractivity contribution in [1.82, 2.24) is 9.97 Å². The highest BCUT2D eigenvalue weighted by Crippen LogP contribution is 2.32. The fourth-order valence-corrected chi connectivity index (χ4v) is 3.21. The van der Waals surface area contributed by atoms with E-state index in [-0.39, 0.29) is 12.4 Å². The van der Waals surface area contributed by atoms with E-state index in [0.29, 0.717) is 22.9 Å². The molecular weight excluding hydrogens is 391 g/mol. The maximum absolute atomic E-state index is 12.8. The first-order chi connectivity index (χ1) is 13.3. The number of pyridine rings is 1. The van der Waals surface area contributed by atoms with Gasteiger partial charge in [0.1, 0.15) is 0 Å². The fraction of sp³-hybridized carbons (Fsp3) is 0.211. The maximum atomic E-state index is 12.8. The number of thiazole rings is 1. The lowest BCUT2D eigenvalue weighted by Crippen LogP contribution is -2.05. The zero-order chi connectivity index (χ0) is 20.1. The lowest BCUT2D eigenvalue weighted by atomic mass is 10.1. The Morgan fingerprint density at radius 2 is 2.07 bits per heavy atom. The molecule has 0 saturated carbocycles. The van der Waals surface area contributed by atoms with Crippen LogP contribution in [0.5, 0.6) is 0 Å². The molecule has 0 aliphatic rings. The highest BCUT2D eigenvalue weighted by atomic mass is 32.1. The van der Waals surface area contributed by atoms with Gasteiger partial charge >= 0.3 is 12.1 Å². The third-order valence-corrected chi connectivity index (χ3v) is 4.63. The zero-order valence-corrected chi connectivity index (χ0v) is 15.6. The Morgan fingerprint density at radius 1 is 1.25 bits per heavy atom. The van der Waals surface area contributed by atoms with Crippen LogP contribution >= 0.6 is 11.3 Å². The van der Waals surface area contributed by atoms with Crippen molar-refractivity contribution in [1.29, 1.82) is 0 Å². The van der Waals surface area contributed by atoms with Crippen molar-refractivity contribution in [2.75, 3.05) is 12.4 Å². The second-order valence-corrected chi connectivity index (χ2v) is 6.71. The summed E-state index contributed by atoms with van der Waals surface area (Å²) in [7, 11) is 1.33. The summed E-state index contributed by atoms with van der Waals surface area (Å²) in [6, 6.07) is 8.56. The predicted molar refractivity (Wildman–Crippen MR) is 100 cm³/mol. The van der Waals surface area contributed by atoms with Crippen LogP contribution in [-0.4, -0.2) is 23.0 Å². The second kappa shape index (κ2) is 8.39. The molecule has 0 aliphatic carbocycles. The molecule has 0 unspecified atom stereocenters. The summed E-state index contributed by atoms with van der Waals surface area (Å²) in [4.78, 5) is 19.9. The number of esters is 1. The minimum Gasteiger partial charge on any atom is -0.469 e. The lowest BCUT2D eigenvalue weighted by molar-refractivity contribution is -0.140. The van der Waals surface area contributed by atoms with Gasteiger partial charge in [0.25, 0.3) is 0 Å². The molecule has 0 atom stereocenters. The van der Waals surface area contributed by atoms with Crippen LogP contribution in [0, 0.1) is 0 Å². The third kappa shape index (κ3) is 5.07. The van der Waals surface area contributed by atoms with Crippen LogP contribution in [0.25, 0.3) is 11.3 Å². The quantitative estimate of drug-likeness (QED) is 0.578. The average Bonchev–Trinajstić information content (AvgIpc) is 3.14. The van der Waals surface area contributed by atoms with Crippen molar-refractivity contribution in [3.8, 4) is 11.3 Å². The van der Waals surface area contributed by atoms with Gasteiger partial charge < -0.3 is 10.1 Å². The van der Waals surface area contributed by atoms with Crippen molar-refractivity contribution < 1.29 is 22.7 Å². The Kier molecular flexibility index (Phi) is 5.93. The third-order valence-electron chi connectivity index (χ3n) is 3.87. The van der Waals surface area contributed by atoms with Crippen LogP contribution < -0.4 is 5.32 Å². The molecule has 5 nitrogen and oxygen atoms in total. The van der Waals surface area contributed by atoms with E-state index in [1.54, 1.807) is 23.7 Å². The minimum absolute atomic E-state index is 0.229. The SMILES string of the molecule is COC(=O)CCc1cc(-c2csc(Nc3cccc(C(F)(F)F)c3)n2)ccn1. The average molecular weight is 407 g/mol. The topological polar surface area (TPSA) is 64.1 Å². The first-order valence-electron chi connectivity index (χ1n) is 8.27. The molecular formula is C19H16F3N3O2S. The largest absolute Gasteiger partial charge is 0.469 e. The van der Waals surface area contributed by atoms with Crippen molar-refractivity contribution in [3.05, 3.63) is 59.2 Å². The Balaban J connectivity index is 1.73. The van der Waals surface area contributed by atoms with Crippen LogP contribution in [0.1, 0.15) is 17.7 Å². The molecule has 2 heterocycles. The molecule has 1 aromatic carbocycles. The van der Waals surface area contributed by atoms with Gasteiger partial charge in [-0.25, -0.2) is 4.98 Å². The highest BCUT2D eigenvalue weighted by molar-refractivity contribution is 7.14. The van der Waals surface area contributed by atoms with Gasteiger partial charge in [-0.2, -0.15) is 13.2 Å². The smallest absolute Gasteiger partial charge is 0.416 e. The van der Waals surface area contributed by atoms with E-state index in [1.165, 1.54) is 24.5 Å². The number of nitrogens with one attached hydrogen (secondary N) is 1. The number of nitrogens with zero attached hydrogens (tertiary/aromatic N) is 2. The Bertz CT molecular complexity index is 973. The fourth-order valence-electron chi connectivity index (χ4n) is 2.47. The number of ether oxygens (including phenoxy) is 1. The van der Waals surface area contributed by atoms with E-state index < -0.39 is 11.7 Å². The molecule has 3 aromatic rings. The van der Waals surface area contributed by atoms with Gasteiger partial charge in [0.2, 0.25) is 0 Å². The maximum Gasteiger partial charge on any atom is 0.416 e. The normalized spacial score (nSPS) is 11.3. The molecule has 0 bridgehead atoms. The Hall–Kier alpha value is -2.94. The molecule has 28 heavy (non-hydrogen) atoms. The van der Waals surface area contributed by atoms with Crippen LogP contribution in [-0.2, 0) is 22.1 Å². The molecule has 146 valence electrons. The van der Waals surface area contributed by atoms with Gasteiger partial charge in [-0.1, -0.05) is 6.07 Å². The van der Waals surface area contributed by atoms with E-state index in [2.05, 4.69) is 20.0 Å². The predicted octanol–water partition coefficient (Wildman–Crippen LogP) is 5.07. The van der Waals surface area contributed by atoms with Gasteiger partial charge in [0, 0.05) is 34.9 Å². The first-order valence-corrected chi connectivity index (χ1v) is 9.15. The molecule has 3 rings (SSSR count). The van der Waals surface area contributed by atoms with E-state index in [1.807, 2.05) is 6.07 Å². The first kappa shape index (κ1) is 19.8. The van der Waals surface area contributed by atoms with Crippen LogP contribution in [0.2, 0.25) is 0 Å². The number of carbonyl (C=O) groups excluding carboxylic acids is 1. The number of benzene rings is 1. The van der Waals surface area contributed by atoms with Crippen molar-refractivity contribution in [2.24, 2.45) is 0 Å². The van der Waals surface area contributed by atoms with Crippen LogP contribution in [0.15, 0.2) is 48.0 Å². The zero-order valence-electron chi connectivity index (χ0n) is 14.8. The number of rotatable bonds is 6. The van der Waals surface area contributed by atoms with Crippen LogP contribution in [0.3, 0.4) is 0 Å². The van der Waals surface area contributed by atoms with Crippen molar-refractivity contribution in [2.45, 2.75) is 19.0 Å². The molecule has 0 spiro atoms. The molecule has 9 heteroatoms. The van der Waals surface area contributed by atoms with Gasteiger partial charge in [-0.05, 0) is 30.3 Å². The number of hydrogen-bond donors (Lipinski definition) is 1. The summed E-state index contributed by atoms with van der Waals surface area (Å²) in [5.41, 5.74) is 1.79. The summed E-state index contributed by atoms with van der Waals surface area (Å²) >= 11 is 1.28. The van der Waals surface area contributed by atoms with Gasteiger partial charge in [-0.15, -0.1) is 11.3 Å². The van der Waals surface area contributed by atoms with Gasteiger partial charge in [0.05, 0.1) is 24.8 Å². The molecule has 0 amide bonds. The van der Waals surface area contributed by atoms with E-state index in [0.717, 1.165) is 23.4 Å². The van der Waals surface area contributed by atoms with Crippen LogP contribution in [0.4, 0.5) is 24.0 Å². The molecule has 0 radical (unpaired) electrons. The number of aromatic nitrogens is 2. The number of anilines is 2. The number of carbonyl (C=O) groups is 1. The monoisotopic (exact) mass is 407 g/mol.